The molecule has 0 heterocycles. The number of carbonyl (C=O) groups is 1. The van der Waals surface area contributed by atoms with Crippen LogP contribution < -0.4 is 14.9 Å². The molecule has 128 valence electrons. The molecule has 1 N–H and O–H groups in total. The third-order valence-corrected chi connectivity index (χ3v) is 3.33. The van der Waals surface area contributed by atoms with Crippen molar-refractivity contribution < 1.29 is 14.3 Å². The molecule has 0 unspecified atom stereocenters. The number of hydrazone groups is 1. The maximum Gasteiger partial charge on any atom is 0.271 e. The molecule has 0 fully saturated rings. The molecule has 2 aromatic rings. The molecule has 1 amide bonds. The number of ether oxygens (including phenoxy) is 2. The van der Waals surface area contributed by atoms with Crippen molar-refractivity contribution in [3.05, 3.63) is 58.6 Å². The predicted octanol–water partition coefficient (Wildman–Crippen LogP) is 3.51. The number of nitrogens with zero attached hydrogens (tertiary/aromatic N) is 1. The van der Waals surface area contributed by atoms with Gasteiger partial charge in [-0.15, -0.1) is 6.42 Å². The van der Waals surface area contributed by atoms with E-state index >= 15 is 0 Å². The van der Waals surface area contributed by atoms with E-state index in [0.29, 0.717) is 34.3 Å². The largest absolute Gasteiger partial charge is 0.490 e. The summed E-state index contributed by atoms with van der Waals surface area (Å²) in [5, 5.41) is 4.28. The van der Waals surface area contributed by atoms with Gasteiger partial charge in [-0.3, -0.25) is 4.79 Å². The monoisotopic (exact) mass is 356 g/mol. The standard InChI is InChI=1S/C19H17ClN2O3/c1-3-10-25-18-16(20)11-14(12-17(18)24-4-2)13-21-22-19(23)15-8-6-5-7-9-15/h1,5-9,11-13H,4,10H2,2H3,(H,22,23)/b21-13+. The molecular weight excluding hydrogens is 340 g/mol. The maximum atomic E-state index is 11.9. The van der Waals surface area contributed by atoms with E-state index in [2.05, 4.69) is 16.4 Å². The fraction of sp³-hybridized carbons (Fsp3) is 0.158. The van der Waals surface area contributed by atoms with Gasteiger partial charge < -0.3 is 9.47 Å². The van der Waals surface area contributed by atoms with E-state index in [1.165, 1.54) is 6.21 Å². The molecule has 25 heavy (non-hydrogen) atoms. The van der Waals surface area contributed by atoms with Gasteiger partial charge in [0.25, 0.3) is 5.91 Å². The summed E-state index contributed by atoms with van der Waals surface area (Å²) < 4.78 is 10.9. The first-order valence-electron chi connectivity index (χ1n) is 7.56. The number of benzene rings is 2. The van der Waals surface area contributed by atoms with E-state index in [-0.39, 0.29) is 12.5 Å². The van der Waals surface area contributed by atoms with E-state index in [0.717, 1.165) is 0 Å². The summed E-state index contributed by atoms with van der Waals surface area (Å²) in [6.45, 7) is 2.37. The molecule has 0 saturated heterocycles. The zero-order chi connectivity index (χ0) is 18.1. The van der Waals surface area contributed by atoms with E-state index in [1.54, 1.807) is 36.4 Å². The summed E-state index contributed by atoms with van der Waals surface area (Å²) in [5.74, 6) is 2.92. The smallest absolute Gasteiger partial charge is 0.271 e. The van der Waals surface area contributed by atoms with Gasteiger partial charge in [0, 0.05) is 5.56 Å². The summed E-state index contributed by atoms with van der Waals surface area (Å²) >= 11 is 6.22. The summed E-state index contributed by atoms with van der Waals surface area (Å²) in [6.07, 6.45) is 6.67. The van der Waals surface area contributed by atoms with Crippen molar-refractivity contribution in [3.63, 3.8) is 0 Å². The Bertz CT molecular complexity index is 798. The minimum absolute atomic E-state index is 0.0837. The summed E-state index contributed by atoms with van der Waals surface area (Å²) in [6, 6.07) is 12.1. The van der Waals surface area contributed by atoms with Crippen molar-refractivity contribution in [2.75, 3.05) is 13.2 Å². The molecule has 2 rings (SSSR count). The number of nitrogens with one attached hydrogen (secondary N) is 1. The highest BCUT2D eigenvalue weighted by atomic mass is 35.5. The molecule has 2 aromatic carbocycles. The highest BCUT2D eigenvalue weighted by Crippen LogP contribution is 2.36. The molecule has 0 radical (unpaired) electrons. The van der Waals surface area contributed by atoms with Crippen LogP contribution in [-0.2, 0) is 0 Å². The zero-order valence-corrected chi connectivity index (χ0v) is 14.4. The number of hydrogen-bond donors (Lipinski definition) is 1. The molecule has 0 atom stereocenters. The van der Waals surface area contributed by atoms with E-state index < -0.39 is 0 Å². The Balaban J connectivity index is 2.13. The fourth-order valence-electron chi connectivity index (χ4n) is 2.00. The van der Waals surface area contributed by atoms with Gasteiger partial charge in [0.1, 0.15) is 6.61 Å². The van der Waals surface area contributed by atoms with E-state index in [1.807, 2.05) is 13.0 Å². The van der Waals surface area contributed by atoms with Crippen LogP contribution in [0.3, 0.4) is 0 Å². The van der Waals surface area contributed by atoms with Crippen LogP contribution in [0.2, 0.25) is 5.02 Å². The molecule has 5 nitrogen and oxygen atoms in total. The van der Waals surface area contributed by atoms with Gasteiger partial charge in [-0.05, 0) is 36.8 Å². The Morgan fingerprint density at radius 1 is 1.32 bits per heavy atom. The minimum atomic E-state index is -0.304. The normalized spacial score (nSPS) is 10.3. The average Bonchev–Trinajstić information content (AvgIpc) is 2.62. The lowest BCUT2D eigenvalue weighted by atomic mass is 10.2. The number of halogens is 1. The molecule has 0 aromatic heterocycles. The summed E-state index contributed by atoms with van der Waals surface area (Å²) in [5.41, 5.74) is 3.62. The van der Waals surface area contributed by atoms with Crippen molar-refractivity contribution in [2.24, 2.45) is 5.10 Å². The third-order valence-electron chi connectivity index (χ3n) is 3.05. The Hall–Kier alpha value is -2.97. The van der Waals surface area contributed by atoms with Gasteiger partial charge in [-0.1, -0.05) is 35.7 Å². The summed E-state index contributed by atoms with van der Waals surface area (Å²) in [4.78, 5) is 11.9. The van der Waals surface area contributed by atoms with Crippen molar-refractivity contribution in [3.8, 4) is 23.8 Å². The molecular formula is C19H17ClN2O3. The average molecular weight is 357 g/mol. The first kappa shape index (κ1) is 18.4. The highest BCUT2D eigenvalue weighted by Gasteiger charge is 2.12. The van der Waals surface area contributed by atoms with Gasteiger partial charge in [-0.2, -0.15) is 5.10 Å². The lowest BCUT2D eigenvalue weighted by molar-refractivity contribution is 0.0955. The van der Waals surface area contributed by atoms with Crippen LogP contribution in [-0.4, -0.2) is 25.3 Å². The fourth-order valence-corrected chi connectivity index (χ4v) is 2.27. The first-order chi connectivity index (χ1) is 12.2. The van der Waals surface area contributed by atoms with Crippen molar-refractivity contribution in [2.45, 2.75) is 6.92 Å². The van der Waals surface area contributed by atoms with Crippen LogP contribution in [0.5, 0.6) is 11.5 Å². The van der Waals surface area contributed by atoms with E-state index in [9.17, 15) is 4.79 Å². The van der Waals surface area contributed by atoms with Crippen molar-refractivity contribution in [1.82, 2.24) is 5.43 Å². The van der Waals surface area contributed by atoms with Gasteiger partial charge in [0.2, 0.25) is 0 Å². The number of carbonyl (C=O) groups excluding carboxylic acids is 1. The predicted molar refractivity (Wildman–Crippen MR) is 98.5 cm³/mol. The number of rotatable bonds is 7. The van der Waals surface area contributed by atoms with Crippen LogP contribution in [0.15, 0.2) is 47.6 Å². The number of terminal acetylenes is 1. The Morgan fingerprint density at radius 3 is 2.76 bits per heavy atom. The van der Waals surface area contributed by atoms with Crippen LogP contribution in [0, 0.1) is 12.3 Å². The Labute approximate surface area is 151 Å². The molecule has 6 heteroatoms. The Kier molecular flexibility index (Phi) is 6.87. The van der Waals surface area contributed by atoms with Crippen LogP contribution in [0.25, 0.3) is 0 Å². The topological polar surface area (TPSA) is 59.9 Å². The van der Waals surface area contributed by atoms with Gasteiger partial charge in [0.05, 0.1) is 17.8 Å². The van der Waals surface area contributed by atoms with Gasteiger partial charge >= 0.3 is 0 Å². The van der Waals surface area contributed by atoms with Crippen molar-refractivity contribution in [1.29, 1.82) is 0 Å². The van der Waals surface area contributed by atoms with E-state index in [4.69, 9.17) is 27.5 Å². The highest BCUT2D eigenvalue weighted by molar-refractivity contribution is 6.32. The number of hydrogen-bond acceptors (Lipinski definition) is 4. The second-order valence-electron chi connectivity index (χ2n) is 4.82. The Morgan fingerprint density at radius 2 is 2.08 bits per heavy atom. The lowest BCUT2D eigenvalue weighted by Gasteiger charge is -2.12. The minimum Gasteiger partial charge on any atom is -0.490 e. The first-order valence-corrected chi connectivity index (χ1v) is 7.94. The lowest BCUT2D eigenvalue weighted by Crippen LogP contribution is -2.17. The molecule has 0 saturated carbocycles. The zero-order valence-electron chi connectivity index (χ0n) is 13.7. The summed E-state index contributed by atoms with van der Waals surface area (Å²) in [7, 11) is 0. The second-order valence-corrected chi connectivity index (χ2v) is 5.23. The molecule has 0 spiro atoms. The van der Waals surface area contributed by atoms with Crippen LogP contribution >= 0.6 is 11.6 Å². The van der Waals surface area contributed by atoms with Crippen molar-refractivity contribution >= 4 is 23.7 Å². The van der Waals surface area contributed by atoms with Gasteiger partial charge in [-0.25, -0.2) is 5.43 Å². The van der Waals surface area contributed by atoms with Gasteiger partial charge in [0.15, 0.2) is 11.5 Å². The molecule has 0 aliphatic carbocycles. The van der Waals surface area contributed by atoms with Crippen LogP contribution in [0.1, 0.15) is 22.8 Å². The quantitative estimate of drug-likeness (QED) is 0.469. The molecule has 0 bridgehead atoms. The second kappa shape index (κ2) is 9.36. The molecule has 0 aliphatic heterocycles. The third kappa shape index (κ3) is 5.27. The molecule has 0 aliphatic rings. The maximum absolute atomic E-state index is 11.9. The SMILES string of the molecule is C#CCOc1c(Cl)cc(/C=N/NC(=O)c2ccccc2)cc1OCC. The number of amides is 1. The van der Waals surface area contributed by atoms with Crippen LogP contribution in [0.4, 0.5) is 0 Å².